The molecule has 1 atom stereocenters. The van der Waals surface area contributed by atoms with E-state index in [1.165, 1.54) is 11.1 Å². The molecule has 0 radical (unpaired) electrons. The average molecular weight is 220 g/mol. The number of hydrogen-bond donors (Lipinski definition) is 0. The van der Waals surface area contributed by atoms with Crippen LogP contribution in [0.3, 0.4) is 0 Å². The molecule has 16 heavy (non-hydrogen) atoms. The minimum atomic E-state index is 0.255. The maximum atomic E-state index is 10.5. The van der Waals surface area contributed by atoms with Gasteiger partial charge in [0.1, 0.15) is 12.0 Å². The fraction of sp³-hybridized carbons (Fsp3) is 0.500. The van der Waals surface area contributed by atoms with Crippen LogP contribution in [0.4, 0.5) is 0 Å². The summed E-state index contributed by atoms with van der Waals surface area (Å²) in [4.78, 5) is 10.5. The lowest BCUT2D eigenvalue weighted by Gasteiger charge is -2.14. The van der Waals surface area contributed by atoms with Crippen LogP contribution in [0.1, 0.15) is 50.2 Å². The number of methoxy groups -OCH3 is 1. The SMILES string of the molecule is COc1cc(C(C)C)cc(C(C)CC=O)c1. The molecule has 0 saturated carbocycles. The van der Waals surface area contributed by atoms with Gasteiger partial charge in [0.05, 0.1) is 7.11 Å². The molecule has 2 nitrogen and oxygen atoms in total. The summed E-state index contributed by atoms with van der Waals surface area (Å²) in [7, 11) is 1.67. The normalized spacial score (nSPS) is 12.6. The van der Waals surface area contributed by atoms with Crippen LogP contribution < -0.4 is 4.74 Å². The van der Waals surface area contributed by atoms with E-state index >= 15 is 0 Å². The summed E-state index contributed by atoms with van der Waals surface area (Å²) >= 11 is 0. The van der Waals surface area contributed by atoms with Crippen LogP contribution in [0.25, 0.3) is 0 Å². The minimum absolute atomic E-state index is 0.255. The van der Waals surface area contributed by atoms with Crippen molar-refractivity contribution in [1.82, 2.24) is 0 Å². The van der Waals surface area contributed by atoms with Crippen LogP contribution in [0.5, 0.6) is 5.75 Å². The smallest absolute Gasteiger partial charge is 0.120 e. The van der Waals surface area contributed by atoms with Crippen molar-refractivity contribution in [3.63, 3.8) is 0 Å². The van der Waals surface area contributed by atoms with Gasteiger partial charge in [-0.2, -0.15) is 0 Å². The topological polar surface area (TPSA) is 26.3 Å². The van der Waals surface area contributed by atoms with Gasteiger partial charge in [-0.25, -0.2) is 0 Å². The average Bonchev–Trinajstić information content (AvgIpc) is 2.28. The van der Waals surface area contributed by atoms with Crippen molar-refractivity contribution in [2.75, 3.05) is 7.11 Å². The quantitative estimate of drug-likeness (QED) is 0.710. The second-order valence-corrected chi connectivity index (χ2v) is 4.50. The molecular weight excluding hydrogens is 200 g/mol. The van der Waals surface area contributed by atoms with Gasteiger partial charge in [-0.15, -0.1) is 0 Å². The third-order valence-electron chi connectivity index (χ3n) is 2.87. The zero-order valence-corrected chi connectivity index (χ0v) is 10.5. The summed E-state index contributed by atoms with van der Waals surface area (Å²) in [6.07, 6.45) is 1.53. The fourth-order valence-electron chi connectivity index (χ4n) is 1.66. The van der Waals surface area contributed by atoms with Crippen molar-refractivity contribution in [3.05, 3.63) is 29.3 Å². The predicted octanol–water partition coefficient (Wildman–Crippen LogP) is 3.51. The molecule has 0 aromatic heterocycles. The van der Waals surface area contributed by atoms with Crippen molar-refractivity contribution in [2.45, 2.75) is 39.0 Å². The van der Waals surface area contributed by atoms with Crippen LogP contribution in [0.2, 0.25) is 0 Å². The zero-order chi connectivity index (χ0) is 12.1. The summed E-state index contributed by atoms with van der Waals surface area (Å²) < 4.78 is 5.29. The number of hydrogen-bond acceptors (Lipinski definition) is 2. The Morgan fingerprint density at radius 3 is 2.31 bits per heavy atom. The first-order valence-corrected chi connectivity index (χ1v) is 5.71. The van der Waals surface area contributed by atoms with Gasteiger partial charge in [0.25, 0.3) is 0 Å². The van der Waals surface area contributed by atoms with Crippen LogP contribution in [0.15, 0.2) is 18.2 Å². The van der Waals surface area contributed by atoms with Crippen molar-refractivity contribution >= 4 is 6.29 Å². The largest absolute Gasteiger partial charge is 0.497 e. The molecule has 1 unspecified atom stereocenters. The molecular formula is C14H20O2. The van der Waals surface area contributed by atoms with Gasteiger partial charge in [0.15, 0.2) is 0 Å². The van der Waals surface area contributed by atoms with Gasteiger partial charge in [-0.1, -0.05) is 26.8 Å². The number of rotatable bonds is 5. The molecule has 0 aliphatic rings. The van der Waals surface area contributed by atoms with E-state index in [1.807, 2.05) is 6.07 Å². The summed E-state index contributed by atoms with van der Waals surface area (Å²) in [6, 6.07) is 6.24. The molecule has 0 saturated heterocycles. The number of aldehydes is 1. The van der Waals surface area contributed by atoms with E-state index in [2.05, 4.69) is 32.9 Å². The van der Waals surface area contributed by atoms with Gasteiger partial charge in [0, 0.05) is 6.42 Å². The third kappa shape index (κ3) is 3.09. The molecule has 1 aromatic rings. The van der Waals surface area contributed by atoms with E-state index in [0.717, 1.165) is 12.0 Å². The third-order valence-corrected chi connectivity index (χ3v) is 2.87. The van der Waals surface area contributed by atoms with Gasteiger partial charge in [0.2, 0.25) is 0 Å². The molecule has 1 rings (SSSR count). The highest BCUT2D eigenvalue weighted by Gasteiger charge is 2.10. The summed E-state index contributed by atoms with van der Waals surface area (Å²) in [5.74, 6) is 1.60. The van der Waals surface area contributed by atoms with E-state index in [0.29, 0.717) is 12.3 Å². The lowest BCUT2D eigenvalue weighted by molar-refractivity contribution is -0.108. The molecule has 0 heterocycles. The number of ether oxygens (including phenoxy) is 1. The highest BCUT2D eigenvalue weighted by molar-refractivity contribution is 5.52. The molecule has 0 aliphatic carbocycles. The Morgan fingerprint density at radius 1 is 1.19 bits per heavy atom. The Bertz CT molecular complexity index is 356. The zero-order valence-electron chi connectivity index (χ0n) is 10.5. The van der Waals surface area contributed by atoms with Gasteiger partial charge < -0.3 is 9.53 Å². The predicted molar refractivity (Wildman–Crippen MR) is 66.2 cm³/mol. The Balaban J connectivity index is 3.08. The van der Waals surface area contributed by atoms with Crippen molar-refractivity contribution in [2.24, 2.45) is 0 Å². The molecule has 0 fully saturated rings. The minimum Gasteiger partial charge on any atom is -0.497 e. The summed E-state index contributed by atoms with van der Waals surface area (Å²) in [5, 5.41) is 0. The maximum Gasteiger partial charge on any atom is 0.120 e. The van der Waals surface area contributed by atoms with Crippen molar-refractivity contribution < 1.29 is 9.53 Å². The number of carbonyl (C=O) groups is 1. The number of benzene rings is 1. The monoisotopic (exact) mass is 220 g/mol. The van der Waals surface area contributed by atoms with E-state index in [4.69, 9.17) is 4.74 Å². The molecule has 0 aliphatic heterocycles. The molecule has 88 valence electrons. The Morgan fingerprint density at radius 2 is 1.81 bits per heavy atom. The molecule has 2 heteroatoms. The molecule has 0 amide bonds. The second kappa shape index (κ2) is 5.69. The number of carbonyl (C=O) groups excluding carboxylic acids is 1. The Hall–Kier alpha value is -1.31. The highest BCUT2D eigenvalue weighted by Crippen LogP contribution is 2.28. The first-order valence-electron chi connectivity index (χ1n) is 5.71. The lowest BCUT2D eigenvalue weighted by Crippen LogP contribution is -1.98. The van der Waals surface area contributed by atoms with Crippen LogP contribution in [-0.2, 0) is 4.79 Å². The first kappa shape index (κ1) is 12.8. The van der Waals surface area contributed by atoms with Crippen LogP contribution in [0, 0.1) is 0 Å². The van der Waals surface area contributed by atoms with Crippen LogP contribution in [-0.4, -0.2) is 13.4 Å². The van der Waals surface area contributed by atoms with E-state index < -0.39 is 0 Å². The van der Waals surface area contributed by atoms with E-state index in [1.54, 1.807) is 7.11 Å². The Labute approximate surface area is 97.6 Å². The van der Waals surface area contributed by atoms with Gasteiger partial charge >= 0.3 is 0 Å². The molecule has 0 spiro atoms. The molecule has 0 N–H and O–H groups in total. The van der Waals surface area contributed by atoms with Gasteiger partial charge in [-0.05, 0) is 35.1 Å². The van der Waals surface area contributed by atoms with Crippen molar-refractivity contribution in [1.29, 1.82) is 0 Å². The van der Waals surface area contributed by atoms with Crippen LogP contribution >= 0.6 is 0 Å². The summed E-state index contributed by atoms with van der Waals surface area (Å²) in [5.41, 5.74) is 2.43. The fourth-order valence-corrected chi connectivity index (χ4v) is 1.66. The molecule has 1 aromatic carbocycles. The highest BCUT2D eigenvalue weighted by atomic mass is 16.5. The van der Waals surface area contributed by atoms with E-state index in [-0.39, 0.29) is 5.92 Å². The Kier molecular flexibility index (Phi) is 4.53. The van der Waals surface area contributed by atoms with Gasteiger partial charge in [-0.3, -0.25) is 0 Å². The van der Waals surface area contributed by atoms with E-state index in [9.17, 15) is 4.79 Å². The standard InChI is InChI=1S/C14H20O2/c1-10(2)12-7-13(11(3)5-6-15)9-14(8-12)16-4/h6-11H,5H2,1-4H3. The van der Waals surface area contributed by atoms with Crippen molar-refractivity contribution in [3.8, 4) is 5.75 Å². The first-order chi connectivity index (χ1) is 7.58. The lowest BCUT2D eigenvalue weighted by atomic mass is 9.93. The second-order valence-electron chi connectivity index (χ2n) is 4.50. The summed E-state index contributed by atoms with van der Waals surface area (Å²) in [6.45, 7) is 6.37. The molecule has 0 bridgehead atoms. The maximum absolute atomic E-state index is 10.5.